The number of pyridine rings is 1. The molecule has 3 rings (SSSR count). The van der Waals surface area contributed by atoms with E-state index in [1.807, 2.05) is 32.0 Å². The number of ether oxygens (including phenoxy) is 2. The summed E-state index contributed by atoms with van der Waals surface area (Å²) in [6, 6.07) is 7.21. The van der Waals surface area contributed by atoms with Crippen LogP contribution in [-0.2, 0) is 0 Å². The maximum Gasteiger partial charge on any atom is 0.414 e. The number of aromatic amines is 1. The van der Waals surface area contributed by atoms with Crippen LogP contribution >= 0.6 is 0 Å². The van der Waals surface area contributed by atoms with Gasteiger partial charge in [0.1, 0.15) is 11.3 Å². The monoisotopic (exact) mass is 315 g/mol. The second-order valence-corrected chi connectivity index (χ2v) is 4.92. The summed E-state index contributed by atoms with van der Waals surface area (Å²) in [6.45, 7) is 4.91. The van der Waals surface area contributed by atoms with Gasteiger partial charge in [0.15, 0.2) is 0 Å². The predicted octanol–water partition coefficient (Wildman–Crippen LogP) is 2.77. The third-order valence-corrected chi connectivity index (χ3v) is 3.19. The molecule has 0 saturated heterocycles. The van der Waals surface area contributed by atoms with Crippen molar-refractivity contribution in [3.63, 3.8) is 0 Å². The largest absolute Gasteiger partial charge is 0.494 e. The van der Waals surface area contributed by atoms with E-state index in [-0.39, 0.29) is 17.5 Å². The second-order valence-electron chi connectivity index (χ2n) is 4.92. The summed E-state index contributed by atoms with van der Waals surface area (Å²) in [7, 11) is 0. The lowest BCUT2D eigenvalue weighted by Gasteiger charge is -2.06. The lowest BCUT2D eigenvalue weighted by molar-refractivity contribution is 0.246. The van der Waals surface area contributed by atoms with E-state index in [4.69, 9.17) is 13.9 Å². The number of hydrogen-bond donors (Lipinski definition) is 1. The van der Waals surface area contributed by atoms with Crippen LogP contribution < -0.4 is 15.0 Å². The lowest BCUT2D eigenvalue weighted by Crippen LogP contribution is -2.09. The summed E-state index contributed by atoms with van der Waals surface area (Å²) in [5, 5.41) is 8.42. The highest BCUT2D eigenvalue weighted by atomic mass is 16.6. The van der Waals surface area contributed by atoms with Crippen molar-refractivity contribution in [2.75, 3.05) is 13.2 Å². The van der Waals surface area contributed by atoms with E-state index in [9.17, 15) is 4.79 Å². The van der Waals surface area contributed by atoms with Gasteiger partial charge < -0.3 is 18.9 Å². The van der Waals surface area contributed by atoms with Gasteiger partial charge in [-0.1, -0.05) is 12.0 Å². The molecule has 7 nitrogen and oxygen atoms in total. The van der Waals surface area contributed by atoms with Crippen molar-refractivity contribution in [3.05, 3.63) is 34.6 Å². The van der Waals surface area contributed by atoms with Crippen molar-refractivity contribution in [1.29, 1.82) is 0 Å². The summed E-state index contributed by atoms with van der Waals surface area (Å²) in [5.41, 5.74) is 0.710. The highest BCUT2D eigenvalue weighted by Gasteiger charge is 2.14. The SMILES string of the molecule is CCCOc1ccc2[nH]c(=O)c(-c3nnc(OCC)o3)cc2c1. The third-order valence-electron chi connectivity index (χ3n) is 3.19. The Morgan fingerprint density at radius 1 is 1.17 bits per heavy atom. The Morgan fingerprint density at radius 3 is 2.83 bits per heavy atom. The van der Waals surface area contributed by atoms with Gasteiger partial charge in [0.05, 0.1) is 13.2 Å². The maximum atomic E-state index is 12.2. The molecule has 2 aromatic heterocycles. The van der Waals surface area contributed by atoms with E-state index in [2.05, 4.69) is 15.2 Å². The zero-order valence-electron chi connectivity index (χ0n) is 13.0. The minimum Gasteiger partial charge on any atom is -0.494 e. The Hall–Kier alpha value is -2.83. The van der Waals surface area contributed by atoms with Crippen molar-refractivity contribution in [2.45, 2.75) is 20.3 Å². The second kappa shape index (κ2) is 6.51. The van der Waals surface area contributed by atoms with Crippen LogP contribution in [0.4, 0.5) is 0 Å². The first-order valence-electron chi connectivity index (χ1n) is 7.47. The first-order chi connectivity index (χ1) is 11.2. The molecule has 2 heterocycles. The van der Waals surface area contributed by atoms with Gasteiger partial charge in [-0.15, -0.1) is 5.10 Å². The number of rotatable bonds is 6. The standard InChI is InChI=1S/C16H17N3O4/c1-3-7-22-11-5-6-13-10(8-11)9-12(14(20)17-13)15-18-19-16(23-15)21-4-2/h5-6,8-9H,3-4,7H2,1-2H3,(H,17,20). The van der Waals surface area contributed by atoms with Gasteiger partial charge in [-0.3, -0.25) is 4.79 Å². The molecule has 0 atom stereocenters. The van der Waals surface area contributed by atoms with Gasteiger partial charge >= 0.3 is 6.08 Å². The number of fused-ring (bicyclic) bond motifs is 1. The summed E-state index contributed by atoms with van der Waals surface area (Å²) in [5.74, 6) is 0.870. The molecule has 0 bridgehead atoms. The molecule has 0 radical (unpaired) electrons. The Kier molecular flexibility index (Phi) is 4.27. The summed E-state index contributed by atoms with van der Waals surface area (Å²) in [4.78, 5) is 15.0. The van der Waals surface area contributed by atoms with Crippen LogP contribution in [0.1, 0.15) is 20.3 Å². The first kappa shape index (κ1) is 15.1. The molecule has 1 aromatic carbocycles. The van der Waals surface area contributed by atoms with Crippen LogP contribution in [0.5, 0.6) is 11.8 Å². The molecule has 0 amide bonds. The molecule has 120 valence electrons. The van der Waals surface area contributed by atoms with Crippen LogP contribution in [0.15, 0.2) is 33.5 Å². The van der Waals surface area contributed by atoms with E-state index in [0.717, 1.165) is 17.6 Å². The summed E-state index contributed by atoms with van der Waals surface area (Å²) in [6.07, 6.45) is 0.971. The molecule has 23 heavy (non-hydrogen) atoms. The highest BCUT2D eigenvalue weighted by molar-refractivity contribution is 5.83. The molecule has 0 saturated carbocycles. The average molecular weight is 315 g/mol. The molecular formula is C16H17N3O4. The number of hydrogen-bond acceptors (Lipinski definition) is 6. The first-order valence-corrected chi connectivity index (χ1v) is 7.47. The van der Waals surface area contributed by atoms with E-state index in [0.29, 0.717) is 24.3 Å². The minimum absolute atomic E-state index is 0.0435. The Labute approximate surface area is 132 Å². The molecule has 0 aliphatic heterocycles. The predicted molar refractivity (Wildman–Crippen MR) is 84.8 cm³/mol. The van der Waals surface area contributed by atoms with Gasteiger partial charge in [0.25, 0.3) is 11.4 Å². The number of nitrogens with zero attached hydrogens (tertiary/aromatic N) is 2. The van der Waals surface area contributed by atoms with Crippen molar-refractivity contribution in [1.82, 2.24) is 15.2 Å². The lowest BCUT2D eigenvalue weighted by atomic mass is 10.1. The van der Waals surface area contributed by atoms with Crippen molar-refractivity contribution in [2.24, 2.45) is 0 Å². The number of aromatic nitrogens is 3. The van der Waals surface area contributed by atoms with Gasteiger partial charge in [-0.25, -0.2) is 0 Å². The molecule has 0 fully saturated rings. The van der Waals surface area contributed by atoms with Gasteiger partial charge in [0.2, 0.25) is 0 Å². The number of H-pyrrole nitrogens is 1. The topological polar surface area (TPSA) is 90.2 Å². The highest BCUT2D eigenvalue weighted by Crippen LogP contribution is 2.24. The van der Waals surface area contributed by atoms with E-state index >= 15 is 0 Å². The van der Waals surface area contributed by atoms with E-state index < -0.39 is 0 Å². The maximum absolute atomic E-state index is 12.2. The Balaban J connectivity index is 2.02. The van der Waals surface area contributed by atoms with Gasteiger partial charge in [-0.05, 0) is 37.6 Å². The molecule has 1 N–H and O–H groups in total. The zero-order chi connectivity index (χ0) is 16.2. The Bertz CT molecular complexity index is 869. The van der Waals surface area contributed by atoms with Crippen molar-refractivity contribution in [3.8, 4) is 23.3 Å². The number of benzene rings is 1. The Morgan fingerprint density at radius 2 is 2.04 bits per heavy atom. The smallest absolute Gasteiger partial charge is 0.414 e. The normalized spacial score (nSPS) is 10.9. The van der Waals surface area contributed by atoms with Crippen molar-refractivity contribution < 1.29 is 13.9 Å². The van der Waals surface area contributed by atoms with E-state index in [1.165, 1.54) is 0 Å². The molecule has 0 aliphatic carbocycles. The fourth-order valence-electron chi connectivity index (χ4n) is 2.15. The fourth-order valence-corrected chi connectivity index (χ4v) is 2.15. The zero-order valence-corrected chi connectivity index (χ0v) is 13.0. The molecule has 3 aromatic rings. The van der Waals surface area contributed by atoms with Gasteiger partial charge in [-0.2, -0.15) is 0 Å². The van der Waals surface area contributed by atoms with E-state index in [1.54, 1.807) is 6.07 Å². The minimum atomic E-state index is -0.300. The fraction of sp³-hybridized carbons (Fsp3) is 0.312. The number of nitrogens with one attached hydrogen (secondary N) is 1. The average Bonchev–Trinajstić information content (AvgIpc) is 3.01. The van der Waals surface area contributed by atoms with Gasteiger partial charge in [0, 0.05) is 10.9 Å². The summed E-state index contributed by atoms with van der Waals surface area (Å²) >= 11 is 0. The van der Waals surface area contributed by atoms with Crippen LogP contribution in [0.2, 0.25) is 0 Å². The van der Waals surface area contributed by atoms with Crippen molar-refractivity contribution >= 4 is 10.9 Å². The van der Waals surface area contributed by atoms with Crippen LogP contribution in [0.3, 0.4) is 0 Å². The molecule has 0 unspecified atom stereocenters. The van der Waals surface area contributed by atoms with Crippen LogP contribution in [0.25, 0.3) is 22.4 Å². The molecule has 0 spiro atoms. The molecular weight excluding hydrogens is 298 g/mol. The van der Waals surface area contributed by atoms with Crippen LogP contribution in [0, 0.1) is 0 Å². The quantitative estimate of drug-likeness (QED) is 0.752. The van der Waals surface area contributed by atoms with Crippen LogP contribution in [-0.4, -0.2) is 28.4 Å². The molecule has 7 heteroatoms. The molecule has 0 aliphatic rings. The third kappa shape index (κ3) is 3.18. The summed E-state index contributed by atoms with van der Waals surface area (Å²) < 4.78 is 16.1.